The maximum absolute atomic E-state index is 14.3. The van der Waals surface area contributed by atoms with Gasteiger partial charge in [0, 0.05) is 49.4 Å². The third kappa shape index (κ3) is 3.96. The average molecular weight is 429 g/mol. The molecule has 0 spiro atoms. The minimum atomic E-state index is -3.97. The van der Waals surface area contributed by atoms with Crippen molar-refractivity contribution < 1.29 is 17.6 Å². The zero-order chi connectivity index (χ0) is 21.1. The molecular weight excluding hydrogens is 409 g/mol. The van der Waals surface area contributed by atoms with Crippen LogP contribution in [-0.4, -0.2) is 46.5 Å². The van der Waals surface area contributed by atoms with Crippen molar-refractivity contribution in [3.05, 3.63) is 71.9 Å². The van der Waals surface area contributed by atoms with E-state index in [9.17, 15) is 17.6 Å². The van der Waals surface area contributed by atoms with Crippen molar-refractivity contribution in [2.45, 2.75) is 24.3 Å². The van der Waals surface area contributed by atoms with E-state index in [1.54, 1.807) is 41.5 Å². The molecule has 2 aromatic heterocycles. The Morgan fingerprint density at radius 1 is 1.13 bits per heavy atom. The van der Waals surface area contributed by atoms with Crippen LogP contribution in [0.3, 0.4) is 0 Å². The molecule has 0 aliphatic carbocycles. The van der Waals surface area contributed by atoms with Crippen molar-refractivity contribution in [2.24, 2.45) is 0 Å². The molecule has 3 heterocycles. The van der Waals surface area contributed by atoms with Gasteiger partial charge >= 0.3 is 0 Å². The lowest BCUT2D eigenvalue weighted by atomic mass is 10.2. The lowest BCUT2D eigenvalue weighted by Gasteiger charge is -2.16. The Balaban J connectivity index is 1.54. The van der Waals surface area contributed by atoms with Crippen LogP contribution in [0.4, 0.5) is 4.39 Å². The van der Waals surface area contributed by atoms with Gasteiger partial charge in [-0.2, -0.15) is 9.40 Å². The molecule has 0 saturated carbocycles. The Morgan fingerprint density at radius 2 is 1.93 bits per heavy atom. The fourth-order valence-corrected chi connectivity index (χ4v) is 4.96. The monoisotopic (exact) mass is 429 g/mol. The Hall–Kier alpha value is -3.11. The van der Waals surface area contributed by atoms with Gasteiger partial charge in [-0.3, -0.25) is 4.79 Å². The molecule has 0 atom stereocenters. The smallest absolute Gasteiger partial charge is 0.251 e. The van der Waals surface area contributed by atoms with Crippen LogP contribution in [0.5, 0.6) is 0 Å². The molecule has 1 aliphatic heterocycles. The SMILES string of the molecule is O=C(NCc1cccnc1-n1cccn1)c1ccc(F)c(S(=O)(=O)N2CCCC2)c1. The summed E-state index contributed by atoms with van der Waals surface area (Å²) in [6, 6.07) is 8.68. The summed E-state index contributed by atoms with van der Waals surface area (Å²) in [5.41, 5.74) is 0.792. The van der Waals surface area contributed by atoms with E-state index in [1.165, 1.54) is 10.4 Å². The number of nitrogens with zero attached hydrogens (tertiary/aromatic N) is 4. The highest BCUT2D eigenvalue weighted by Gasteiger charge is 2.30. The van der Waals surface area contributed by atoms with Gasteiger partial charge in [0.05, 0.1) is 0 Å². The van der Waals surface area contributed by atoms with E-state index in [1.807, 2.05) is 0 Å². The summed E-state index contributed by atoms with van der Waals surface area (Å²) in [5, 5.41) is 6.88. The summed E-state index contributed by atoms with van der Waals surface area (Å²) in [5.74, 6) is -0.811. The minimum absolute atomic E-state index is 0.0682. The van der Waals surface area contributed by atoms with Gasteiger partial charge in [0.25, 0.3) is 5.91 Å². The van der Waals surface area contributed by atoms with Crippen LogP contribution in [0, 0.1) is 5.82 Å². The molecule has 8 nitrogen and oxygen atoms in total. The number of pyridine rings is 1. The van der Waals surface area contributed by atoms with Crippen molar-refractivity contribution in [1.82, 2.24) is 24.4 Å². The van der Waals surface area contributed by atoms with E-state index in [2.05, 4.69) is 15.4 Å². The van der Waals surface area contributed by atoms with Crippen LogP contribution in [0.25, 0.3) is 5.82 Å². The van der Waals surface area contributed by atoms with Gasteiger partial charge in [-0.15, -0.1) is 0 Å². The highest BCUT2D eigenvalue weighted by atomic mass is 32.2. The van der Waals surface area contributed by atoms with E-state index >= 15 is 0 Å². The molecule has 10 heteroatoms. The van der Waals surface area contributed by atoms with Crippen LogP contribution in [0.1, 0.15) is 28.8 Å². The first-order valence-corrected chi connectivity index (χ1v) is 10.9. The first kappa shape index (κ1) is 20.2. The Morgan fingerprint density at radius 3 is 2.67 bits per heavy atom. The number of sulfonamides is 1. The number of hydrogen-bond acceptors (Lipinski definition) is 5. The highest BCUT2D eigenvalue weighted by Crippen LogP contribution is 2.24. The first-order valence-electron chi connectivity index (χ1n) is 9.48. The number of rotatable bonds is 6. The van der Waals surface area contributed by atoms with Crippen molar-refractivity contribution in [3.8, 4) is 5.82 Å². The van der Waals surface area contributed by atoms with Gasteiger partial charge in [0.2, 0.25) is 10.0 Å². The normalized spacial score (nSPS) is 14.7. The number of aromatic nitrogens is 3. The summed E-state index contributed by atoms with van der Waals surface area (Å²) in [6.07, 6.45) is 6.47. The summed E-state index contributed by atoms with van der Waals surface area (Å²) in [4.78, 5) is 16.5. The molecule has 0 unspecified atom stereocenters. The zero-order valence-corrected chi connectivity index (χ0v) is 16.8. The molecule has 1 aromatic carbocycles. The zero-order valence-electron chi connectivity index (χ0n) is 16.0. The largest absolute Gasteiger partial charge is 0.348 e. The van der Waals surface area contributed by atoms with Crippen LogP contribution in [-0.2, 0) is 16.6 Å². The molecule has 1 saturated heterocycles. The maximum Gasteiger partial charge on any atom is 0.251 e. The number of hydrogen-bond donors (Lipinski definition) is 1. The van der Waals surface area contributed by atoms with Crippen molar-refractivity contribution in [3.63, 3.8) is 0 Å². The second-order valence-electron chi connectivity index (χ2n) is 6.88. The quantitative estimate of drug-likeness (QED) is 0.647. The van der Waals surface area contributed by atoms with Crippen molar-refractivity contribution in [2.75, 3.05) is 13.1 Å². The molecule has 156 valence electrons. The van der Waals surface area contributed by atoms with Crippen LogP contribution in [0.2, 0.25) is 0 Å². The molecule has 3 aromatic rings. The van der Waals surface area contributed by atoms with Gasteiger partial charge in [-0.1, -0.05) is 6.07 Å². The summed E-state index contributed by atoms with van der Waals surface area (Å²) < 4.78 is 42.6. The highest BCUT2D eigenvalue weighted by molar-refractivity contribution is 7.89. The molecule has 4 rings (SSSR count). The first-order chi connectivity index (χ1) is 14.5. The molecule has 0 bridgehead atoms. The molecular formula is C20H20FN5O3S. The van der Waals surface area contributed by atoms with Gasteiger partial charge in [0.1, 0.15) is 10.7 Å². The Kier molecular flexibility index (Phi) is 5.60. The topological polar surface area (TPSA) is 97.2 Å². The van der Waals surface area contributed by atoms with E-state index in [0.717, 1.165) is 30.5 Å². The number of nitrogens with one attached hydrogen (secondary N) is 1. The molecule has 30 heavy (non-hydrogen) atoms. The fraction of sp³-hybridized carbons (Fsp3) is 0.250. The van der Waals surface area contributed by atoms with E-state index in [-0.39, 0.29) is 12.1 Å². The number of halogens is 1. The molecule has 0 radical (unpaired) electrons. The number of benzene rings is 1. The number of amides is 1. The van der Waals surface area contributed by atoms with Gasteiger partial charge in [-0.05, 0) is 43.2 Å². The Labute approximate surface area is 173 Å². The summed E-state index contributed by atoms with van der Waals surface area (Å²) >= 11 is 0. The lowest BCUT2D eigenvalue weighted by molar-refractivity contribution is 0.0950. The van der Waals surface area contributed by atoms with E-state index < -0.39 is 26.6 Å². The van der Waals surface area contributed by atoms with Crippen LogP contribution < -0.4 is 5.32 Å². The number of carbonyl (C=O) groups excluding carboxylic acids is 1. The predicted molar refractivity (Wildman–Crippen MR) is 107 cm³/mol. The average Bonchev–Trinajstić information content (AvgIpc) is 3.47. The van der Waals surface area contributed by atoms with Crippen LogP contribution >= 0.6 is 0 Å². The van der Waals surface area contributed by atoms with Crippen LogP contribution in [0.15, 0.2) is 59.9 Å². The van der Waals surface area contributed by atoms with E-state index in [0.29, 0.717) is 18.9 Å². The Bertz CT molecular complexity index is 1160. The summed E-state index contributed by atoms with van der Waals surface area (Å²) in [7, 11) is -3.97. The predicted octanol–water partition coefficient (Wildman–Crippen LogP) is 2.12. The molecule has 1 aliphatic rings. The van der Waals surface area contributed by atoms with E-state index in [4.69, 9.17) is 0 Å². The third-order valence-electron chi connectivity index (χ3n) is 4.90. The fourth-order valence-electron chi connectivity index (χ4n) is 3.36. The second kappa shape index (κ2) is 8.33. The maximum atomic E-state index is 14.3. The lowest BCUT2D eigenvalue weighted by Crippen LogP contribution is -2.29. The van der Waals surface area contributed by atoms with Gasteiger partial charge < -0.3 is 5.32 Å². The number of carbonyl (C=O) groups is 1. The molecule has 1 N–H and O–H groups in total. The molecule has 1 amide bonds. The standard InChI is InChI=1S/C20H20FN5O3S/c21-17-7-6-15(13-18(17)30(28,29)25-10-1-2-11-25)20(27)23-14-16-5-3-8-22-19(16)26-12-4-9-24-26/h3-9,12-13H,1-2,10-11,14H2,(H,23,27). The summed E-state index contributed by atoms with van der Waals surface area (Å²) in [6.45, 7) is 0.859. The van der Waals surface area contributed by atoms with Gasteiger partial charge in [0.15, 0.2) is 5.82 Å². The second-order valence-corrected chi connectivity index (χ2v) is 8.78. The third-order valence-corrected chi connectivity index (χ3v) is 6.82. The molecule has 1 fully saturated rings. The van der Waals surface area contributed by atoms with Gasteiger partial charge in [-0.25, -0.2) is 22.5 Å². The van der Waals surface area contributed by atoms with Crippen molar-refractivity contribution >= 4 is 15.9 Å². The minimum Gasteiger partial charge on any atom is -0.348 e. The van der Waals surface area contributed by atoms with Crippen molar-refractivity contribution in [1.29, 1.82) is 0 Å².